The molecule has 2 aromatic carbocycles. The van der Waals surface area contributed by atoms with E-state index in [2.05, 4.69) is 4.98 Å². The Morgan fingerprint density at radius 1 is 1.00 bits per heavy atom. The highest BCUT2D eigenvalue weighted by atomic mass is 19.4. The van der Waals surface area contributed by atoms with Crippen LogP contribution in [-0.2, 0) is 6.18 Å². The SMILES string of the molecule is NC(=O)c1cnc2c(C(F)(F)F)cccc2c1-c1ccccc1. The zero-order valence-electron chi connectivity index (χ0n) is 11.8. The number of carbonyl (C=O) groups is 1. The standard InChI is InChI=1S/C17H11F3N2O/c18-17(19,20)13-8-4-7-11-14(10-5-2-1-3-6-10)12(16(21)23)9-22-15(11)13/h1-9H,(H2,21,23). The van der Waals surface area contributed by atoms with Crippen LogP contribution < -0.4 is 5.73 Å². The van der Waals surface area contributed by atoms with E-state index in [1.165, 1.54) is 12.1 Å². The number of halogens is 3. The fourth-order valence-electron chi connectivity index (χ4n) is 2.55. The van der Waals surface area contributed by atoms with E-state index in [0.717, 1.165) is 12.3 Å². The maximum Gasteiger partial charge on any atom is 0.418 e. The number of alkyl halides is 3. The van der Waals surface area contributed by atoms with E-state index in [-0.39, 0.29) is 16.5 Å². The van der Waals surface area contributed by atoms with Crippen molar-refractivity contribution in [2.75, 3.05) is 0 Å². The fraction of sp³-hybridized carbons (Fsp3) is 0.0588. The second-order valence-electron chi connectivity index (χ2n) is 4.98. The summed E-state index contributed by atoms with van der Waals surface area (Å²) < 4.78 is 39.5. The van der Waals surface area contributed by atoms with Gasteiger partial charge in [0.25, 0.3) is 5.91 Å². The van der Waals surface area contributed by atoms with Gasteiger partial charge in [-0.15, -0.1) is 0 Å². The number of carbonyl (C=O) groups excluding carboxylic acids is 1. The van der Waals surface area contributed by atoms with E-state index in [1.807, 2.05) is 0 Å². The van der Waals surface area contributed by atoms with Gasteiger partial charge in [0.15, 0.2) is 0 Å². The number of fused-ring (bicyclic) bond motifs is 1. The van der Waals surface area contributed by atoms with E-state index in [1.54, 1.807) is 30.3 Å². The lowest BCUT2D eigenvalue weighted by atomic mass is 9.94. The van der Waals surface area contributed by atoms with Crippen molar-refractivity contribution in [2.24, 2.45) is 5.73 Å². The number of nitrogens with two attached hydrogens (primary N) is 1. The maximum absolute atomic E-state index is 13.2. The molecule has 3 aromatic rings. The average molecular weight is 316 g/mol. The first-order valence-corrected chi connectivity index (χ1v) is 6.73. The van der Waals surface area contributed by atoms with E-state index in [4.69, 9.17) is 5.73 Å². The Kier molecular flexibility index (Phi) is 3.52. The van der Waals surface area contributed by atoms with Crippen molar-refractivity contribution in [3.8, 4) is 11.1 Å². The van der Waals surface area contributed by atoms with Gasteiger partial charge in [-0.2, -0.15) is 13.2 Å². The topological polar surface area (TPSA) is 56.0 Å². The molecule has 0 aliphatic rings. The first-order valence-electron chi connectivity index (χ1n) is 6.73. The van der Waals surface area contributed by atoms with Crippen LogP contribution in [0.25, 0.3) is 22.0 Å². The highest BCUT2D eigenvalue weighted by Gasteiger charge is 2.33. The molecule has 3 nitrogen and oxygen atoms in total. The Labute approximate surface area is 129 Å². The number of amides is 1. The summed E-state index contributed by atoms with van der Waals surface area (Å²) in [4.78, 5) is 15.5. The highest BCUT2D eigenvalue weighted by molar-refractivity contribution is 6.08. The lowest BCUT2D eigenvalue weighted by Gasteiger charge is -2.14. The Morgan fingerprint density at radius 2 is 1.70 bits per heavy atom. The molecule has 0 saturated heterocycles. The molecule has 0 fully saturated rings. The summed E-state index contributed by atoms with van der Waals surface area (Å²) in [5, 5.41) is 0.238. The van der Waals surface area contributed by atoms with Gasteiger partial charge in [0, 0.05) is 17.1 Å². The molecule has 0 radical (unpaired) electrons. The van der Waals surface area contributed by atoms with Crippen molar-refractivity contribution in [3.05, 3.63) is 65.9 Å². The summed E-state index contributed by atoms with van der Waals surface area (Å²) in [6, 6.07) is 12.4. The molecule has 0 atom stereocenters. The first-order chi connectivity index (χ1) is 10.9. The largest absolute Gasteiger partial charge is 0.418 e. The quantitative estimate of drug-likeness (QED) is 0.776. The number of para-hydroxylation sites is 1. The molecule has 0 aliphatic carbocycles. The number of primary amides is 1. The number of pyridine rings is 1. The Hall–Kier alpha value is -2.89. The molecule has 0 aliphatic heterocycles. The molecule has 0 saturated carbocycles. The lowest BCUT2D eigenvalue weighted by Crippen LogP contribution is -2.14. The predicted octanol–water partition coefficient (Wildman–Crippen LogP) is 4.02. The molecule has 1 amide bonds. The number of hydrogen-bond acceptors (Lipinski definition) is 2. The summed E-state index contributed by atoms with van der Waals surface area (Å²) >= 11 is 0. The third kappa shape index (κ3) is 2.63. The van der Waals surface area contributed by atoms with Gasteiger partial charge in [0.05, 0.1) is 16.6 Å². The number of hydrogen-bond donors (Lipinski definition) is 1. The zero-order valence-corrected chi connectivity index (χ0v) is 11.8. The minimum absolute atomic E-state index is 0.0861. The molecule has 0 bridgehead atoms. The van der Waals surface area contributed by atoms with Gasteiger partial charge in [-0.3, -0.25) is 9.78 Å². The van der Waals surface area contributed by atoms with Crippen molar-refractivity contribution in [1.29, 1.82) is 0 Å². The minimum atomic E-state index is -4.53. The van der Waals surface area contributed by atoms with Crippen LogP contribution in [0.15, 0.2) is 54.7 Å². The molecule has 3 rings (SSSR count). The summed E-state index contributed by atoms with van der Waals surface area (Å²) in [7, 11) is 0. The predicted molar refractivity (Wildman–Crippen MR) is 80.7 cm³/mol. The Balaban J connectivity index is 2.44. The van der Waals surface area contributed by atoms with E-state index in [0.29, 0.717) is 11.1 Å². The summed E-state index contributed by atoms with van der Waals surface area (Å²) in [6.07, 6.45) is -3.43. The van der Waals surface area contributed by atoms with E-state index >= 15 is 0 Å². The van der Waals surface area contributed by atoms with Crippen LogP contribution in [0.1, 0.15) is 15.9 Å². The molecule has 1 heterocycles. The van der Waals surface area contributed by atoms with Crippen molar-refractivity contribution in [3.63, 3.8) is 0 Å². The second kappa shape index (κ2) is 5.39. The van der Waals surface area contributed by atoms with Crippen molar-refractivity contribution >= 4 is 16.8 Å². The van der Waals surface area contributed by atoms with Gasteiger partial charge < -0.3 is 5.73 Å². The monoisotopic (exact) mass is 316 g/mol. The van der Waals surface area contributed by atoms with Crippen LogP contribution in [-0.4, -0.2) is 10.9 Å². The van der Waals surface area contributed by atoms with Gasteiger partial charge in [-0.25, -0.2) is 0 Å². The van der Waals surface area contributed by atoms with Crippen LogP contribution >= 0.6 is 0 Å². The first kappa shape index (κ1) is 15.0. The molecule has 23 heavy (non-hydrogen) atoms. The highest BCUT2D eigenvalue weighted by Crippen LogP contribution is 2.38. The summed E-state index contributed by atoms with van der Waals surface area (Å²) in [6.45, 7) is 0. The average Bonchev–Trinajstić information content (AvgIpc) is 2.53. The number of nitrogens with zero attached hydrogens (tertiary/aromatic N) is 1. The molecule has 6 heteroatoms. The molecule has 0 spiro atoms. The van der Waals surface area contributed by atoms with Crippen LogP contribution in [0.5, 0.6) is 0 Å². The van der Waals surface area contributed by atoms with Gasteiger partial charge in [0.2, 0.25) is 0 Å². The molecule has 1 aromatic heterocycles. The van der Waals surface area contributed by atoms with Crippen LogP contribution in [0.3, 0.4) is 0 Å². The van der Waals surface area contributed by atoms with Crippen molar-refractivity contribution in [2.45, 2.75) is 6.18 Å². The van der Waals surface area contributed by atoms with Crippen LogP contribution in [0, 0.1) is 0 Å². The van der Waals surface area contributed by atoms with Crippen LogP contribution in [0.2, 0.25) is 0 Å². The Morgan fingerprint density at radius 3 is 2.30 bits per heavy atom. The van der Waals surface area contributed by atoms with E-state index in [9.17, 15) is 18.0 Å². The molecule has 2 N–H and O–H groups in total. The molecule has 0 unspecified atom stereocenters. The second-order valence-corrected chi connectivity index (χ2v) is 4.98. The molecular formula is C17H11F3N2O. The number of benzene rings is 2. The van der Waals surface area contributed by atoms with Crippen molar-refractivity contribution in [1.82, 2.24) is 4.98 Å². The minimum Gasteiger partial charge on any atom is -0.366 e. The summed E-state index contributed by atoms with van der Waals surface area (Å²) in [5.41, 5.74) is 5.36. The van der Waals surface area contributed by atoms with Crippen LogP contribution in [0.4, 0.5) is 13.2 Å². The zero-order chi connectivity index (χ0) is 16.6. The van der Waals surface area contributed by atoms with Crippen molar-refractivity contribution < 1.29 is 18.0 Å². The van der Waals surface area contributed by atoms with Gasteiger partial charge in [-0.1, -0.05) is 42.5 Å². The molecule has 116 valence electrons. The van der Waals surface area contributed by atoms with Gasteiger partial charge in [-0.05, 0) is 11.6 Å². The van der Waals surface area contributed by atoms with Gasteiger partial charge in [0.1, 0.15) is 0 Å². The number of rotatable bonds is 2. The van der Waals surface area contributed by atoms with Gasteiger partial charge >= 0.3 is 6.18 Å². The fourth-order valence-corrected chi connectivity index (χ4v) is 2.55. The smallest absolute Gasteiger partial charge is 0.366 e. The van der Waals surface area contributed by atoms with E-state index < -0.39 is 17.6 Å². The third-order valence-corrected chi connectivity index (χ3v) is 3.53. The maximum atomic E-state index is 13.2. The lowest BCUT2D eigenvalue weighted by molar-refractivity contribution is -0.136. The third-order valence-electron chi connectivity index (χ3n) is 3.53. The normalized spacial score (nSPS) is 11.6. The molecular weight excluding hydrogens is 305 g/mol. The Bertz CT molecular complexity index is 889. The summed E-state index contributed by atoms with van der Waals surface area (Å²) in [5.74, 6) is -0.740. The number of aromatic nitrogens is 1.